The molecule has 172 valence electrons. The molecule has 1 aromatic heterocycles. The van der Waals surface area contributed by atoms with Gasteiger partial charge in [0.2, 0.25) is 10.0 Å². The summed E-state index contributed by atoms with van der Waals surface area (Å²) in [6.45, 7) is 5.71. The van der Waals surface area contributed by atoms with Crippen molar-refractivity contribution < 1.29 is 17.9 Å². The summed E-state index contributed by atoms with van der Waals surface area (Å²) in [6.07, 6.45) is 3.44. The van der Waals surface area contributed by atoms with Gasteiger partial charge < -0.3 is 4.74 Å². The van der Waals surface area contributed by atoms with E-state index in [2.05, 4.69) is 40.9 Å². The molecule has 0 saturated carbocycles. The fourth-order valence-electron chi connectivity index (χ4n) is 3.12. The maximum Gasteiger partial charge on any atom is 0.324 e. The van der Waals surface area contributed by atoms with Gasteiger partial charge >= 0.3 is 5.97 Å². The van der Waals surface area contributed by atoms with Crippen LogP contribution in [0.5, 0.6) is 0 Å². The Hall–Kier alpha value is -1.94. The second-order valence-electron chi connectivity index (χ2n) is 7.83. The molecule has 1 atom stereocenters. The van der Waals surface area contributed by atoms with Crippen molar-refractivity contribution in [3.63, 3.8) is 0 Å². The van der Waals surface area contributed by atoms with Crippen LogP contribution in [0.4, 0.5) is 0 Å². The van der Waals surface area contributed by atoms with Gasteiger partial charge in [0.1, 0.15) is 6.04 Å². The third-order valence-electron chi connectivity index (χ3n) is 5.00. The second kappa shape index (κ2) is 10.8. The highest BCUT2D eigenvalue weighted by atomic mass is 32.2. The van der Waals surface area contributed by atoms with Gasteiger partial charge in [-0.2, -0.15) is 4.72 Å². The van der Waals surface area contributed by atoms with E-state index in [0.717, 1.165) is 25.9 Å². The molecule has 0 unspecified atom stereocenters. The van der Waals surface area contributed by atoms with E-state index in [0.29, 0.717) is 0 Å². The van der Waals surface area contributed by atoms with Gasteiger partial charge in [-0.1, -0.05) is 51.1 Å². The molecule has 0 amide bonds. The van der Waals surface area contributed by atoms with Crippen molar-refractivity contribution in [2.75, 3.05) is 7.11 Å². The number of carbonyl (C=O) groups excluding carboxylic acids is 1. The first-order valence-corrected chi connectivity index (χ1v) is 13.6. The minimum Gasteiger partial charge on any atom is -0.468 e. The van der Waals surface area contributed by atoms with Crippen molar-refractivity contribution in [1.82, 2.24) is 9.71 Å². The van der Waals surface area contributed by atoms with Crippen LogP contribution in [-0.2, 0) is 26.0 Å². The number of nitrogens with one attached hydrogen (secondary N) is 1. The molecule has 32 heavy (non-hydrogen) atoms. The number of hydrogen-bond acceptors (Lipinski definition) is 7. The molecular formula is C23H28N2O4S3. The molecule has 2 aromatic carbocycles. The van der Waals surface area contributed by atoms with Crippen LogP contribution < -0.4 is 4.72 Å². The molecule has 0 saturated heterocycles. The van der Waals surface area contributed by atoms with Crippen LogP contribution in [0.2, 0.25) is 0 Å². The highest BCUT2D eigenvalue weighted by Crippen LogP contribution is 2.35. The number of nitrogens with zero attached hydrogens (tertiary/aromatic N) is 1. The Kier molecular flexibility index (Phi) is 8.32. The number of esters is 1. The number of benzene rings is 2. The summed E-state index contributed by atoms with van der Waals surface area (Å²) in [5.41, 5.74) is 2.07. The lowest BCUT2D eigenvalue weighted by molar-refractivity contribution is -0.143. The molecule has 0 aliphatic carbocycles. The van der Waals surface area contributed by atoms with E-state index in [-0.39, 0.29) is 10.8 Å². The topological polar surface area (TPSA) is 85.4 Å². The monoisotopic (exact) mass is 492 g/mol. The number of aryl methyl sites for hydroxylation is 1. The van der Waals surface area contributed by atoms with Crippen LogP contribution in [-0.4, -0.2) is 32.5 Å². The van der Waals surface area contributed by atoms with Crippen molar-refractivity contribution in [3.8, 4) is 0 Å². The molecule has 6 nitrogen and oxygen atoms in total. The highest BCUT2D eigenvalue weighted by molar-refractivity contribution is 8.01. The summed E-state index contributed by atoms with van der Waals surface area (Å²) in [5, 5.41) is 0. The lowest BCUT2D eigenvalue weighted by atomic mass is 10.1. The Bertz CT molecular complexity index is 1170. The van der Waals surface area contributed by atoms with Crippen molar-refractivity contribution in [2.24, 2.45) is 5.92 Å². The molecule has 1 N–H and O–H groups in total. The Morgan fingerprint density at radius 1 is 1.19 bits per heavy atom. The Labute approximate surface area is 197 Å². The van der Waals surface area contributed by atoms with E-state index in [1.54, 1.807) is 37.7 Å². The average Bonchev–Trinajstić information content (AvgIpc) is 3.17. The molecule has 1 heterocycles. The third-order valence-corrected chi connectivity index (χ3v) is 8.53. The van der Waals surface area contributed by atoms with Crippen molar-refractivity contribution >= 4 is 49.3 Å². The zero-order valence-electron chi connectivity index (χ0n) is 18.6. The molecule has 9 heteroatoms. The maximum absolute atomic E-state index is 12.9. The fourth-order valence-corrected chi connectivity index (χ4v) is 6.63. The van der Waals surface area contributed by atoms with Gasteiger partial charge in [0.05, 0.1) is 22.2 Å². The highest BCUT2D eigenvalue weighted by Gasteiger charge is 2.29. The molecule has 0 aliphatic rings. The first-order chi connectivity index (χ1) is 15.2. The maximum atomic E-state index is 12.9. The zero-order chi connectivity index (χ0) is 23.3. The molecule has 3 rings (SSSR count). The first kappa shape index (κ1) is 24.7. The Morgan fingerprint density at radius 3 is 2.53 bits per heavy atom. The molecule has 0 fully saturated rings. The molecule has 3 aromatic rings. The lowest BCUT2D eigenvalue weighted by Crippen LogP contribution is -2.44. The van der Waals surface area contributed by atoms with Crippen LogP contribution in [0, 0.1) is 5.92 Å². The predicted octanol–water partition coefficient (Wildman–Crippen LogP) is 5.27. The van der Waals surface area contributed by atoms with Crippen LogP contribution in [0.1, 0.15) is 39.2 Å². The molecule has 0 aliphatic heterocycles. The first-order valence-electron chi connectivity index (χ1n) is 10.5. The molecule has 0 bridgehead atoms. The van der Waals surface area contributed by atoms with Crippen molar-refractivity contribution in [2.45, 2.75) is 60.2 Å². The van der Waals surface area contributed by atoms with E-state index in [4.69, 9.17) is 4.74 Å². The van der Waals surface area contributed by atoms with Gasteiger partial charge in [0, 0.05) is 4.90 Å². The largest absolute Gasteiger partial charge is 0.468 e. The average molecular weight is 493 g/mol. The SMILES string of the molecule is CCCCc1ccc(Sc2nc3ccc(S(=O)(=O)N[C@@H](C(=O)OC)C(C)C)cc3s2)cc1. The minimum atomic E-state index is -3.89. The number of rotatable bonds is 10. The van der Waals surface area contributed by atoms with E-state index >= 15 is 0 Å². The quantitative estimate of drug-likeness (QED) is 0.388. The third kappa shape index (κ3) is 6.10. The van der Waals surface area contributed by atoms with Gasteiger partial charge in [0.15, 0.2) is 4.34 Å². The Morgan fingerprint density at radius 2 is 1.91 bits per heavy atom. The van der Waals surface area contributed by atoms with Crippen molar-refractivity contribution in [1.29, 1.82) is 0 Å². The predicted molar refractivity (Wildman–Crippen MR) is 130 cm³/mol. The van der Waals surface area contributed by atoms with E-state index in [1.807, 2.05) is 0 Å². The number of fused-ring (bicyclic) bond motifs is 1. The number of sulfonamides is 1. The van der Waals surface area contributed by atoms with Crippen LogP contribution in [0.3, 0.4) is 0 Å². The molecular weight excluding hydrogens is 464 g/mol. The van der Waals surface area contributed by atoms with Crippen LogP contribution in [0.15, 0.2) is 56.6 Å². The van der Waals surface area contributed by atoms with Crippen LogP contribution >= 0.6 is 23.1 Å². The number of ether oxygens (including phenoxy) is 1. The number of hydrogen-bond donors (Lipinski definition) is 1. The van der Waals surface area contributed by atoms with E-state index < -0.39 is 22.0 Å². The number of unbranched alkanes of at least 4 members (excludes halogenated alkanes) is 1. The van der Waals surface area contributed by atoms with Crippen LogP contribution in [0.25, 0.3) is 10.2 Å². The standard InChI is InChI=1S/C23H28N2O4S3/c1-5-6-7-16-8-10-17(11-9-16)30-23-24-19-13-12-18(14-20(19)31-23)32(27,28)25-21(15(2)3)22(26)29-4/h8-15,21,25H,5-7H2,1-4H3/t21-/m1/s1. The summed E-state index contributed by atoms with van der Waals surface area (Å²) in [4.78, 5) is 17.8. The van der Waals surface area contributed by atoms with Crippen molar-refractivity contribution in [3.05, 3.63) is 48.0 Å². The molecule has 0 spiro atoms. The Balaban J connectivity index is 1.78. The van der Waals surface area contributed by atoms with E-state index in [1.165, 1.54) is 42.9 Å². The lowest BCUT2D eigenvalue weighted by Gasteiger charge is -2.19. The number of methoxy groups -OCH3 is 1. The summed E-state index contributed by atoms with van der Waals surface area (Å²) in [6, 6.07) is 12.3. The van der Waals surface area contributed by atoms with Gasteiger partial charge in [-0.05, 0) is 54.7 Å². The summed E-state index contributed by atoms with van der Waals surface area (Å²) in [5.74, 6) is -0.859. The zero-order valence-corrected chi connectivity index (χ0v) is 21.1. The van der Waals surface area contributed by atoms with Gasteiger partial charge in [-0.25, -0.2) is 13.4 Å². The normalized spacial score (nSPS) is 12.9. The number of carbonyl (C=O) groups is 1. The van der Waals surface area contributed by atoms with Gasteiger partial charge in [0.25, 0.3) is 0 Å². The van der Waals surface area contributed by atoms with E-state index in [9.17, 15) is 13.2 Å². The minimum absolute atomic E-state index is 0.0973. The fraction of sp³-hybridized carbons (Fsp3) is 0.391. The van der Waals surface area contributed by atoms with Gasteiger partial charge in [-0.3, -0.25) is 4.79 Å². The summed E-state index contributed by atoms with van der Waals surface area (Å²) < 4.78 is 34.6. The number of thiazole rings is 1. The van der Waals surface area contributed by atoms with Gasteiger partial charge in [-0.15, -0.1) is 11.3 Å². The summed E-state index contributed by atoms with van der Waals surface area (Å²) in [7, 11) is -2.65. The smallest absolute Gasteiger partial charge is 0.324 e. The number of aromatic nitrogens is 1. The summed E-state index contributed by atoms with van der Waals surface area (Å²) >= 11 is 3.01. The second-order valence-corrected chi connectivity index (χ2v) is 11.9. The molecule has 0 radical (unpaired) electrons.